The number of hydrogen-bond acceptors (Lipinski definition) is 6. The van der Waals surface area contributed by atoms with E-state index in [9.17, 15) is 22.4 Å². The van der Waals surface area contributed by atoms with E-state index in [1.165, 1.54) is 18.3 Å². The van der Waals surface area contributed by atoms with Crippen LogP contribution in [0.25, 0.3) is 11.1 Å². The summed E-state index contributed by atoms with van der Waals surface area (Å²) in [6.07, 6.45) is -3.20. The van der Waals surface area contributed by atoms with E-state index in [2.05, 4.69) is 25.9 Å². The Morgan fingerprint density at radius 1 is 0.929 bits per heavy atom. The number of urea groups is 1. The molecule has 4 N–H and O–H groups in total. The first-order chi connectivity index (χ1) is 19.9. The third-order valence-corrected chi connectivity index (χ3v) is 5.98. The summed E-state index contributed by atoms with van der Waals surface area (Å²) in [4.78, 5) is 23.3. The summed E-state index contributed by atoms with van der Waals surface area (Å²) >= 11 is 0. The van der Waals surface area contributed by atoms with E-state index in [4.69, 9.17) is 0 Å². The summed E-state index contributed by atoms with van der Waals surface area (Å²) in [6, 6.07) is 12.1. The summed E-state index contributed by atoms with van der Waals surface area (Å²) < 4.78 is 68.0. The van der Waals surface area contributed by atoms with E-state index in [0.717, 1.165) is 17.3 Å². The fraction of sp³-hybridized carbons (Fsp3) is 0.207. The first kappa shape index (κ1) is 30.2. The Kier molecular flexibility index (Phi) is 9.21. The number of alkyl halides is 3. The Morgan fingerprint density at radius 2 is 1.69 bits per heavy atom. The standard InChI is InChI=1S/C29H28F5N7O/c1-17-5-4-6-20(13-17)37-27-36-16-21(26(40-27)35-11-12-41(2)3)18-7-10-24(23(31)14-18)38-28(42)39-25-15-19(29(32,33)34)8-9-22(25)30/h4-10,13-16H,11-12H2,1-3H3,(H2,38,39,42)(H2,35,36,37,40). The molecule has 0 aliphatic heterocycles. The number of nitrogens with zero attached hydrogens (tertiary/aromatic N) is 3. The predicted molar refractivity (Wildman–Crippen MR) is 153 cm³/mol. The minimum Gasteiger partial charge on any atom is -0.368 e. The molecule has 2 amide bonds. The van der Waals surface area contributed by atoms with Crippen LogP contribution in [-0.2, 0) is 6.18 Å². The largest absolute Gasteiger partial charge is 0.416 e. The molecule has 4 rings (SSSR count). The van der Waals surface area contributed by atoms with Crippen molar-refractivity contribution < 1.29 is 26.7 Å². The zero-order valence-corrected chi connectivity index (χ0v) is 22.9. The van der Waals surface area contributed by atoms with Crippen LogP contribution in [0.1, 0.15) is 11.1 Å². The molecule has 3 aromatic carbocycles. The van der Waals surface area contributed by atoms with Crippen molar-refractivity contribution in [2.45, 2.75) is 13.1 Å². The number of nitrogens with one attached hydrogen (secondary N) is 4. The van der Waals surface area contributed by atoms with Gasteiger partial charge in [-0.05, 0) is 74.6 Å². The SMILES string of the molecule is Cc1cccc(Nc2ncc(-c3ccc(NC(=O)Nc4cc(C(F)(F)F)ccc4F)c(F)c3)c(NCCN(C)C)n2)c1. The molecule has 0 radical (unpaired) electrons. The van der Waals surface area contributed by atoms with Crippen LogP contribution < -0.4 is 21.3 Å². The molecular weight excluding hydrogens is 557 g/mol. The number of halogens is 5. The average Bonchev–Trinajstić information content (AvgIpc) is 2.90. The van der Waals surface area contributed by atoms with Gasteiger partial charge in [-0.2, -0.15) is 18.2 Å². The zero-order chi connectivity index (χ0) is 30.4. The van der Waals surface area contributed by atoms with Crippen molar-refractivity contribution in [3.8, 4) is 11.1 Å². The smallest absolute Gasteiger partial charge is 0.368 e. The van der Waals surface area contributed by atoms with E-state index in [0.29, 0.717) is 54.2 Å². The van der Waals surface area contributed by atoms with Crippen molar-refractivity contribution in [2.75, 3.05) is 48.5 Å². The Labute approximate surface area is 239 Å². The lowest BCUT2D eigenvalue weighted by Gasteiger charge is -2.16. The maximum Gasteiger partial charge on any atom is 0.416 e. The maximum atomic E-state index is 15.1. The molecular formula is C29H28F5N7O. The van der Waals surface area contributed by atoms with Gasteiger partial charge in [-0.1, -0.05) is 18.2 Å². The monoisotopic (exact) mass is 585 g/mol. The summed E-state index contributed by atoms with van der Waals surface area (Å²) in [5.74, 6) is -1.15. The van der Waals surface area contributed by atoms with E-state index in [1.54, 1.807) is 0 Å². The van der Waals surface area contributed by atoms with Gasteiger partial charge in [0.05, 0.1) is 16.9 Å². The predicted octanol–water partition coefficient (Wildman–Crippen LogP) is 7.11. The molecule has 42 heavy (non-hydrogen) atoms. The van der Waals surface area contributed by atoms with Gasteiger partial charge < -0.3 is 26.2 Å². The second kappa shape index (κ2) is 12.8. The number of likely N-dealkylation sites (N-methyl/N-ethyl adjacent to an activating group) is 1. The van der Waals surface area contributed by atoms with Crippen molar-refractivity contribution in [2.24, 2.45) is 0 Å². The zero-order valence-electron chi connectivity index (χ0n) is 22.9. The fourth-order valence-electron chi connectivity index (χ4n) is 3.90. The first-order valence-electron chi connectivity index (χ1n) is 12.7. The third-order valence-electron chi connectivity index (χ3n) is 5.98. The molecule has 1 aromatic heterocycles. The molecule has 0 fully saturated rings. The lowest BCUT2D eigenvalue weighted by molar-refractivity contribution is -0.137. The highest BCUT2D eigenvalue weighted by atomic mass is 19.4. The van der Waals surface area contributed by atoms with Crippen LogP contribution in [0, 0.1) is 18.6 Å². The number of hydrogen-bond donors (Lipinski definition) is 4. The van der Waals surface area contributed by atoms with Gasteiger partial charge in [0, 0.05) is 30.5 Å². The number of anilines is 5. The summed E-state index contributed by atoms with van der Waals surface area (Å²) in [6.45, 7) is 3.20. The van der Waals surface area contributed by atoms with Gasteiger partial charge in [0.15, 0.2) is 0 Å². The van der Waals surface area contributed by atoms with Crippen molar-refractivity contribution in [3.63, 3.8) is 0 Å². The van der Waals surface area contributed by atoms with Crippen LogP contribution >= 0.6 is 0 Å². The van der Waals surface area contributed by atoms with Crippen molar-refractivity contribution >= 4 is 34.9 Å². The third kappa shape index (κ3) is 7.91. The molecule has 8 nitrogen and oxygen atoms in total. The van der Waals surface area contributed by atoms with Gasteiger partial charge in [0.1, 0.15) is 17.5 Å². The Morgan fingerprint density at radius 3 is 2.38 bits per heavy atom. The molecule has 0 aliphatic rings. The normalized spacial score (nSPS) is 11.4. The van der Waals surface area contributed by atoms with Crippen LogP contribution in [0.2, 0.25) is 0 Å². The number of carbonyl (C=O) groups excluding carboxylic acids is 1. The van der Waals surface area contributed by atoms with Gasteiger partial charge in [0.25, 0.3) is 0 Å². The molecule has 0 saturated carbocycles. The molecule has 0 unspecified atom stereocenters. The molecule has 0 spiro atoms. The number of benzene rings is 3. The quantitative estimate of drug-likeness (QED) is 0.157. The number of amides is 2. The highest BCUT2D eigenvalue weighted by Crippen LogP contribution is 2.33. The van der Waals surface area contributed by atoms with Gasteiger partial charge in [-0.25, -0.2) is 18.6 Å². The molecule has 4 aromatic rings. The minimum absolute atomic E-state index is 0.274. The van der Waals surface area contributed by atoms with E-state index < -0.39 is 35.1 Å². The van der Waals surface area contributed by atoms with E-state index in [1.807, 2.05) is 55.5 Å². The number of aryl methyl sites for hydroxylation is 1. The highest BCUT2D eigenvalue weighted by molar-refractivity contribution is 6.00. The molecule has 0 atom stereocenters. The van der Waals surface area contributed by atoms with E-state index in [-0.39, 0.29) is 5.69 Å². The van der Waals surface area contributed by atoms with Gasteiger partial charge in [0.2, 0.25) is 5.95 Å². The van der Waals surface area contributed by atoms with Crippen LogP contribution in [0.4, 0.5) is 55.6 Å². The number of aromatic nitrogens is 2. The molecule has 220 valence electrons. The Bertz CT molecular complexity index is 1580. The van der Waals surface area contributed by atoms with Crippen LogP contribution in [0.15, 0.2) is 66.9 Å². The second-order valence-electron chi connectivity index (χ2n) is 9.65. The Hall–Kier alpha value is -4.78. The summed E-state index contributed by atoms with van der Waals surface area (Å²) in [5, 5.41) is 10.6. The van der Waals surface area contributed by atoms with E-state index >= 15 is 4.39 Å². The van der Waals surface area contributed by atoms with Crippen LogP contribution in [-0.4, -0.2) is 48.1 Å². The highest BCUT2D eigenvalue weighted by Gasteiger charge is 2.31. The van der Waals surface area contributed by atoms with Crippen molar-refractivity contribution in [3.05, 3.63) is 89.6 Å². The lowest BCUT2D eigenvalue weighted by Crippen LogP contribution is -2.21. The molecule has 13 heteroatoms. The van der Waals surface area contributed by atoms with Crippen LogP contribution in [0.5, 0.6) is 0 Å². The lowest BCUT2D eigenvalue weighted by atomic mass is 10.1. The van der Waals surface area contributed by atoms with Crippen molar-refractivity contribution in [1.82, 2.24) is 14.9 Å². The maximum absolute atomic E-state index is 15.1. The topological polar surface area (TPSA) is 94.2 Å². The average molecular weight is 586 g/mol. The Balaban J connectivity index is 1.54. The number of rotatable bonds is 9. The molecule has 0 saturated heterocycles. The summed E-state index contributed by atoms with van der Waals surface area (Å²) in [7, 11) is 3.85. The van der Waals surface area contributed by atoms with Gasteiger partial charge in [-0.3, -0.25) is 0 Å². The van der Waals surface area contributed by atoms with Gasteiger partial charge in [-0.15, -0.1) is 0 Å². The molecule has 1 heterocycles. The first-order valence-corrected chi connectivity index (χ1v) is 12.7. The minimum atomic E-state index is -4.73. The summed E-state index contributed by atoms with van der Waals surface area (Å²) in [5.41, 5.74) is 0.618. The fourth-order valence-corrected chi connectivity index (χ4v) is 3.90. The second-order valence-corrected chi connectivity index (χ2v) is 9.65. The number of carbonyl (C=O) groups is 1. The van der Waals surface area contributed by atoms with Crippen LogP contribution in [0.3, 0.4) is 0 Å². The molecule has 0 bridgehead atoms. The molecule has 0 aliphatic carbocycles. The van der Waals surface area contributed by atoms with Crippen molar-refractivity contribution in [1.29, 1.82) is 0 Å². The van der Waals surface area contributed by atoms with Gasteiger partial charge >= 0.3 is 12.2 Å².